The molecule has 1 aliphatic heterocycles. The van der Waals surface area contributed by atoms with E-state index in [4.69, 9.17) is 5.73 Å². The molecule has 1 unspecified atom stereocenters. The maximum Gasteiger partial charge on any atom is 0.221 e. The molecule has 2 aromatic rings. The Morgan fingerprint density at radius 3 is 2.57 bits per heavy atom. The molecule has 110 valence electrons. The molecule has 1 atom stereocenters. The summed E-state index contributed by atoms with van der Waals surface area (Å²) in [5, 5.41) is 0. The van der Waals surface area contributed by atoms with Gasteiger partial charge in [-0.05, 0) is 49.2 Å². The van der Waals surface area contributed by atoms with Gasteiger partial charge in [-0.25, -0.2) is 0 Å². The molecule has 4 nitrogen and oxygen atoms in total. The molecule has 0 saturated carbocycles. The third kappa shape index (κ3) is 3.34. The van der Waals surface area contributed by atoms with Crippen molar-refractivity contribution in [1.82, 2.24) is 9.47 Å². The second kappa shape index (κ2) is 6.14. The Morgan fingerprint density at radius 2 is 1.90 bits per heavy atom. The summed E-state index contributed by atoms with van der Waals surface area (Å²) >= 11 is 0. The van der Waals surface area contributed by atoms with E-state index in [1.807, 2.05) is 24.5 Å². The highest BCUT2D eigenvalue weighted by molar-refractivity contribution is 5.76. The number of nitrogens with two attached hydrogens (primary N) is 1. The van der Waals surface area contributed by atoms with Crippen molar-refractivity contribution >= 4 is 5.91 Å². The fourth-order valence-electron chi connectivity index (χ4n) is 2.97. The average Bonchev–Trinajstić information content (AvgIpc) is 3.02. The molecule has 0 bridgehead atoms. The standard InChI is InChI=1S/C17H21N3O/c18-17(21)15-4-3-9-19(13-15)12-14-5-7-16(8-6-14)20-10-1-2-11-20/h1-2,5-8,10-11,15H,3-4,9,12-13H2,(H2,18,21). The fourth-order valence-corrected chi connectivity index (χ4v) is 2.97. The summed E-state index contributed by atoms with van der Waals surface area (Å²) in [6.07, 6.45) is 6.06. The number of carbonyl (C=O) groups excluding carboxylic acids is 1. The van der Waals surface area contributed by atoms with Crippen LogP contribution in [-0.4, -0.2) is 28.5 Å². The van der Waals surface area contributed by atoms with Gasteiger partial charge in [-0.2, -0.15) is 0 Å². The minimum Gasteiger partial charge on any atom is -0.369 e. The minimum absolute atomic E-state index is 0.0119. The van der Waals surface area contributed by atoms with E-state index in [1.54, 1.807) is 0 Å². The zero-order valence-corrected chi connectivity index (χ0v) is 12.1. The second-order valence-electron chi connectivity index (χ2n) is 5.73. The maximum absolute atomic E-state index is 11.3. The van der Waals surface area contributed by atoms with E-state index >= 15 is 0 Å². The Bertz CT molecular complexity index is 589. The minimum atomic E-state index is -0.164. The smallest absolute Gasteiger partial charge is 0.221 e. The van der Waals surface area contributed by atoms with Crippen LogP contribution in [0, 0.1) is 5.92 Å². The number of amides is 1. The van der Waals surface area contributed by atoms with Gasteiger partial charge in [-0.15, -0.1) is 0 Å². The molecule has 2 N–H and O–H groups in total. The number of hydrogen-bond acceptors (Lipinski definition) is 2. The van der Waals surface area contributed by atoms with Gasteiger partial charge in [-0.1, -0.05) is 12.1 Å². The summed E-state index contributed by atoms with van der Waals surface area (Å²) in [6, 6.07) is 12.6. The number of hydrogen-bond donors (Lipinski definition) is 1. The van der Waals surface area contributed by atoms with Crippen LogP contribution in [0.1, 0.15) is 18.4 Å². The van der Waals surface area contributed by atoms with Crippen molar-refractivity contribution in [3.8, 4) is 5.69 Å². The van der Waals surface area contributed by atoms with Crippen LogP contribution in [0.15, 0.2) is 48.8 Å². The van der Waals surface area contributed by atoms with Crippen LogP contribution in [0.4, 0.5) is 0 Å². The Morgan fingerprint density at radius 1 is 1.19 bits per heavy atom. The Kier molecular flexibility index (Phi) is 4.06. The van der Waals surface area contributed by atoms with Crippen molar-refractivity contribution in [3.63, 3.8) is 0 Å². The fraction of sp³-hybridized carbons (Fsp3) is 0.353. The van der Waals surface area contributed by atoms with Crippen molar-refractivity contribution in [2.24, 2.45) is 11.7 Å². The first-order valence-corrected chi connectivity index (χ1v) is 7.46. The zero-order chi connectivity index (χ0) is 14.7. The third-order valence-corrected chi connectivity index (χ3v) is 4.15. The summed E-state index contributed by atoms with van der Waals surface area (Å²) in [5.41, 5.74) is 7.87. The molecule has 3 rings (SSSR count). The number of aromatic nitrogens is 1. The van der Waals surface area contributed by atoms with Crippen LogP contribution in [0.2, 0.25) is 0 Å². The number of nitrogens with zero attached hydrogens (tertiary/aromatic N) is 2. The monoisotopic (exact) mass is 283 g/mol. The second-order valence-corrected chi connectivity index (χ2v) is 5.73. The lowest BCUT2D eigenvalue weighted by atomic mass is 9.97. The summed E-state index contributed by atoms with van der Waals surface area (Å²) in [6.45, 7) is 2.72. The molecular weight excluding hydrogens is 262 g/mol. The van der Waals surface area contributed by atoms with Crippen LogP contribution in [0.3, 0.4) is 0 Å². The molecule has 0 spiro atoms. The first-order chi connectivity index (χ1) is 10.2. The average molecular weight is 283 g/mol. The normalized spacial score (nSPS) is 19.5. The number of piperidine rings is 1. The van der Waals surface area contributed by atoms with Gasteiger partial charge in [0.2, 0.25) is 5.91 Å². The lowest BCUT2D eigenvalue weighted by Gasteiger charge is -2.31. The highest BCUT2D eigenvalue weighted by Crippen LogP contribution is 2.19. The third-order valence-electron chi connectivity index (χ3n) is 4.15. The highest BCUT2D eigenvalue weighted by Gasteiger charge is 2.23. The molecule has 1 fully saturated rings. The molecule has 21 heavy (non-hydrogen) atoms. The summed E-state index contributed by atoms with van der Waals surface area (Å²) < 4.78 is 2.09. The Labute approximate surface area is 125 Å². The van der Waals surface area contributed by atoms with Gasteiger partial charge < -0.3 is 10.3 Å². The molecule has 1 aromatic carbocycles. The number of likely N-dealkylation sites (tertiary alicyclic amines) is 1. The predicted molar refractivity (Wildman–Crippen MR) is 83.0 cm³/mol. The van der Waals surface area contributed by atoms with E-state index in [0.717, 1.165) is 38.2 Å². The summed E-state index contributed by atoms with van der Waals surface area (Å²) in [4.78, 5) is 13.6. The van der Waals surface area contributed by atoms with Gasteiger partial charge >= 0.3 is 0 Å². The predicted octanol–water partition coefficient (Wildman–Crippen LogP) is 2.17. The zero-order valence-electron chi connectivity index (χ0n) is 12.1. The number of carbonyl (C=O) groups is 1. The topological polar surface area (TPSA) is 51.3 Å². The van der Waals surface area contributed by atoms with Gasteiger partial charge in [0.25, 0.3) is 0 Å². The van der Waals surface area contributed by atoms with Gasteiger partial charge in [0.05, 0.1) is 5.92 Å². The Balaban J connectivity index is 1.64. The van der Waals surface area contributed by atoms with E-state index in [2.05, 4.69) is 33.7 Å². The van der Waals surface area contributed by atoms with E-state index in [9.17, 15) is 4.79 Å². The van der Waals surface area contributed by atoms with Crippen molar-refractivity contribution in [1.29, 1.82) is 0 Å². The highest BCUT2D eigenvalue weighted by atomic mass is 16.1. The molecular formula is C17H21N3O. The molecule has 4 heteroatoms. The lowest BCUT2D eigenvalue weighted by Crippen LogP contribution is -2.40. The van der Waals surface area contributed by atoms with Crippen molar-refractivity contribution in [3.05, 3.63) is 54.4 Å². The molecule has 1 amide bonds. The van der Waals surface area contributed by atoms with Crippen molar-refractivity contribution in [2.75, 3.05) is 13.1 Å². The van der Waals surface area contributed by atoms with E-state index < -0.39 is 0 Å². The van der Waals surface area contributed by atoms with Crippen molar-refractivity contribution < 1.29 is 4.79 Å². The first-order valence-electron chi connectivity index (χ1n) is 7.46. The van der Waals surface area contributed by atoms with E-state index in [1.165, 1.54) is 5.56 Å². The van der Waals surface area contributed by atoms with Crippen LogP contribution < -0.4 is 5.73 Å². The van der Waals surface area contributed by atoms with Gasteiger partial charge in [-0.3, -0.25) is 9.69 Å². The number of rotatable bonds is 4. The van der Waals surface area contributed by atoms with Crippen LogP contribution >= 0.6 is 0 Å². The quantitative estimate of drug-likeness (QED) is 0.935. The molecule has 1 aliphatic rings. The SMILES string of the molecule is NC(=O)C1CCCN(Cc2ccc(-n3cccc3)cc2)C1. The summed E-state index contributed by atoms with van der Waals surface area (Å²) in [7, 11) is 0. The number of benzene rings is 1. The largest absolute Gasteiger partial charge is 0.369 e. The molecule has 0 aliphatic carbocycles. The van der Waals surface area contributed by atoms with Gasteiger partial charge in [0, 0.05) is 31.2 Å². The lowest BCUT2D eigenvalue weighted by molar-refractivity contribution is -0.123. The number of primary amides is 1. The van der Waals surface area contributed by atoms with E-state index in [-0.39, 0.29) is 11.8 Å². The first kappa shape index (κ1) is 13.9. The van der Waals surface area contributed by atoms with Crippen LogP contribution in [-0.2, 0) is 11.3 Å². The maximum atomic E-state index is 11.3. The van der Waals surface area contributed by atoms with Gasteiger partial charge in [0.15, 0.2) is 0 Å². The molecule has 2 heterocycles. The molecule has 1 saturated heterocycles. The van der Waals surface area contributed by atoms with Gasteiger partial charge in [0.1, 0.15) is 0 Å². The van der Waals surface area contributed by atoms with E-state index in [0.29, 0.717) is 0 Å². The molecule has 0 radical (unpaired) electrons. The van der Waals surface area contributed by atoms with Crippen LogP contribution in [0.5, 0.6) is 0 Å². The van der Waals surface area contributed by atoms with Crippen LogP contribution in [0.25, 0.3) is 5.69 Å². The summed E-state index contributed by atoms with van der Waals surface area (Å²) in [5.74, 6) is -0.152. The van der Waals surface area contributed by atoms with Crippen molar-refractivity contribution in [2.45, 2.75) is 19.4 Å². The Hall–Kier alpha value is -2.07. The molecule has 1 aromatic heterocycles.